The van der Waals surface area contributed by atoms with E-state index >= 15 is 0 Å². The third-order valence-corrected chi connectivity index (χ3v) is 5.68. The average molecular weight is 519 g/mol. The number of aromatic nitrogens is 4. The van der Waals surface area contributed by atoms with Crippen LogP contribution in [0.1, 0.15) is 41.4 Å². The summed E-state index contributed by atoms with van der Waals surface area (Å²) >= 11 is 0. The molecule has 186 valence electrons. The minimum atomic E-state index is -4.66. The number of nitrogens with one attached hydrogen (secondary N) is 2. The van der Waals surface area contributed by atoms with Crippen LogP contribution in [0.15, 0.2) is 42.5 Å². The molecule has 1 saturated heterocycles. The zero-order chi connectivity index (χ0) is 22.7. The minimum absolute atomic E-state index is 0. The molecule has 0 bridgehead atoms. The van der Waals surface area contributed by atoms with Gasteiger partial charge in [-0.05, 0) is 60.5 Å². The fourth-order valence-corrected chi connectivity index (χ4v) is 4.05. The molecule has 2 atom stereocenters. The predicted molar refractivity (Wildman–Crippen MR) is 127 cm³/mol. The highest BCUT2D eigenvalue weighted by Gasteiger charge is 2.38. The SMILES string of the molecule is COc1ccc(-n2nnnc2C(F)(F)F)cc1CN[C@H]1CCCN[C@H]1c1ccc(C)cc1.Cl.Cl. The number of hydrogen-bond acceptors (Lipinski definition) is 6. The molecule has 4 rings (SSSR count). The second kappa shape index (κ2) is 11.8. The molecule has 2 aromatic carbocycles. The molecule has 1 fully saturated rings. The van der Waals surface area contributed by atoms with Crippen LogP contribution in [0.3, 0.4) is 0 Å². The maximum Gasteiger partial charge on any atom is 0.453 e. The van der Waals surface area contributed by atoms with E-state index in [0.29, 0.717) is 17.0 Å². The summed E-state index contributed by atoms with van der Waals surface area (Å²) in [5.41, 5.74) is 3.35. The number of aryl methyl sites for hydroxylation is 1. The Hall–Kier alpha value is -2.40. The summed E-state index contributed by atoms with van der Waals surface area (Å²) in [7, 11) is 1.54. The highest BCUT2D eigenvalue weighted by molar-refractivity contribution is 5.85. The number of tetrazole rings is 1. The standard InChI is InChI=1S/C22H25F3N6O.2ClH/c1-14-5-7-15(8-6-14)20-18(4-3-11-26-20)27-13-16-12-17(9-10-19(16)32-2)31-21(22(23,24)25)28-29-30-31;;/h5-10,12,18,20,26-27H,3-4,11,13H2,1-2H3;2*1H/t18-,20-;;/m0../s1. The highest BCUT2D eigenvalue weighted by Crippen LogP contribution is 2.30. The van der Waals surface area contributed by atoms with Gasteiger partial charge in [0.2, 0.25) is 0 Å². The maximum atomic E-state index is 13.2. The van der Waals surface area contributed by atoms with Gasteiger partial charge in [0.15, 0.2) is 0 Å². The van der Waals surface area contributed by atoms with Crippen LogP contribution < -0.4 is 15.4 Å². The monoisotopic (exact) mass is 518 g/mol. The lowest BCUT2D eigenvalue weighted by molar-refractivity contribution is -0.146. The van der Waals surface area contributed by atoms with Crippen LogP contribution in [0.5, 0.6) is 5.75 Å². The van der Waals surface area contributed by atoms with Crippen molar-refractivity contribution in [1.29, 1.82) is 0 Å². The fourth-order valence-electron chi connectivity index (χ4n) is 4.05. The van der Waals surface area contributed by atoms with Crippen molar-refractivity contribution in [2.45, 2.75) is 44.6 Å². The number of piperidine rings is 1. The van der Waals surface area contributed by atoms with Crippen LogP contribution in [0.2, 0.25) is 0 Å². The van der Waals surface area contributed by atoms with Gasteiger partial charge in [0.1, 0.15) is 5.75 Å². The molecule has 7 nitrogen and oxygen atoms in total. The molecule has 1 aromatic heterocycles. The average Bonchev–Trinajstić information content (AvgIpc) is 3.29. The van der Waals surface area contributed by atoms with Crippen LogP contribution in [0.4, 0.5) is 13.2 Å². The largest absolute Gasteiger partial charge is 0.496 e. The lowest BCUT2D eigenvalue weighted by Crippen LogP contribution is -2.45. The van der Waals surface area contributed by atoms with Gasteiger partial charge in [0, 0.05) is 24.2 Å². The van der Waals surface area contributed by atoms with E-state index in [1.54, 1.807) is 12.1 Å². The first-order valence-electron chi connectivity index (χ1n) is 10.4. The molecule has 34 heavy (non-hydrogen) atoms. The zero-order valence-corrected chi connectivity index (χ0v) is 20.3. The molecule has 1 aliphatic rings. The third-order valence-electron chi connectivity index (χ3n) is 5.68. The number of alkyl halides is 3. The fraction of sp³-hybridized carbons (Fsp3) is 0.409. The van der Waals surface area contributed by atoms with Crippen molar-refractivity contribution in [1.82, 2.24) is 30.8 Å². The Morgan fingerprint density at radius 1 is 1.15 bits per heavy atom. The van der Waals surface area contributed by atoms with Crippen molar-refractivity contribution in [2.24, 2.45) is 0 Å². The Labute approximate surface area is 208 Å². The zero-order valence-electron chi connectivity index (χ0n) is 18.7. The Morgan fingerprint density at radius 3 is 2.56 bits per heavy atom. The van der Waals surface area contributed by atoms with Crippen molar-refractivity contribution in [2.75, 3.05) is 13.7 Å². The van der Waals surface area contributed by atoms with Crippen molar-refractivity contribution < 1.29 is 17.9 Å². The Bertz CT molecular complexity index is 1060. The van der Waals surface area contributed by atoms with Gasteiger partial charge in [0.25, 0.3) is 5.82 Å². The molecule has 1 aliphatic heterocycles. The van der Waals surface area contributed by atoms with Crippen LogP contribution in [-0.4, -0.2) is 39.9 Å². The second-order valence-corrected chi connectivity index (χ2v) is 7.88. The van der Waals surface area contributed by atoms with Gasteiger partial charge in [-0.1, -0.05) is 29.8 Å². The van der Waals surface area contributed by atoms with Crippen LogP contribution in [0.25, 0.3) is 5.69 Å². The number of benzene rings is 2. The van der Waals surface area contributed by atoms with E-state index in [0.717, 1.165) is 24.9 Å². The summed E-state index contributed by atoms with van der Waals surface area (Å²) in [4.78, 5) is 0. The van der Waals surface area contributed by atoms with Gasteiger partial charge in [-0.25, -0.2) is 0 Å². The Morgan fingerprint density at radius 2 is 1.88 bits per heavy atom. The molecular formula is C22H27Cl2F3N6O. The van der Waals surface area contributed by atoms with Gasteiger partial charge < -0.3 is 15.4 Å². The van der Waals surface area contributed by atoms with Crippen molar-refractivity contribution in [3.8, 4) is 11.4 Å². The predicted octanol–water partition coefficient (Wildman–Crippen LogP) is 4.42. The molecule has 2 heterocycles. The van der Waals surface area contributed by atoms with E-state index in [1.165, 1.54) is 24.3 Å². The number of methoxy groups -OCH3 is 1. The summed E-state index contributed by atoms with van der Waals surface area (Å²) in [6, 6.07) is 13.5. The molecule has 0 saturated carbocycles. The topological polar surface area (TPSA) is 76.9 Å². The first kappa shape index (κ1) is 27.8. The van der Waals surface area contributed by atoms with Crippen molar-refractivity contribution >= 4 is 24.8 Å². The van der Waals surface area contributed by atoms with E-state index in [9.17, 15) is 13.2 Å². The van der Waals surface area contributed by atoms with Crippen molar-refractivity contribution in [3.05, 3.63) is 65.0 Å². The molecule has 0 spiro atoms. The molecule has 0 unspecified atom stereocenters. The first-order chi connectivity index (χ1) is 15.4. The van der Waals surface area contributed by atoms with Crippen LogP contribution in [-0.2, 0) is 12.7 Å². The van der Waals surface area contributed by atoms with Gasteiger partial charge in [0.05, 0.1) is 12.8 Å². The minimum Gasteiger partial charge on any atom is -0.496 e. The summed E-state index contributed by atoms with van der Waals surface area (Å²) in [5, 5.41) is 17.0. The Kier molecular flexibility index (Phi) is 9.69. The second-order valence-electron chi connectivity index (χ2n) is 7.88. The van der Waals surface area contributed by atoms with Gasteiger partial charge >= 0.3 is 6.18 Å². The van der Waals surface area contributed by atoms with E-state index < -0.39 is 12.0 Å². The summed E-state index contributed by atoms with van der Waals surface area (Å²) < 4.78 is 45.8. The number of nitrogens with zero attached hydrogens (tertiary/aromatic N) is 4. The Balaban J connectivity index is 0.00000204. The number of ether oxygens (including phenoxy) is 1. The van der Waals surface area contributed by atoms with Crippen LogP contribution >= 0.6 is 24.8 Å². The van der Waals surface area contributed by atoms with E-state index in [1.807, 2.05) is 0 Å². The molecule has 0 aliphatic carbocycles. The highest BCUT2D eigenvalue weighted by atomic mass is 35.5. The smallest absolute Gasteiger partial charge is 0.453 e. The number of halogens is 5. The normalized spacial score (nSPS) is 18.0. The molecule has 12 heteroatoms. The summed E-state index contributed by atoms with van der Waals surface area (Å²) in [6.45, 7) is 3.42. The van der Waals surface area contributed by atoms with Gasteiger partial charge in [-0.2, -0.15) is 17.9 Å². The number of hydrogen-bond donors (Lipinski definition) is 2. The molecule has 3 aromatic rings. The first-order valence-corrected chi connectivity index (χ1v) is 10.4. The lowest BCUT2D eigenvalue weighted by Gasteiger charge is -2.34. The summed E-state index contributed by atoms with van der Waals surface area (Å²) in [5.74, 6) is -0.587. The quantitative estimate of drug-likeness (QED) is 0.502. The maximum absolute atomic E-state index is 13.2. The molecule has 0 amide bonds. The summed E-state index contributed by atoms with van der Waals surface area (Å²) in [6.07, 6.45) is -2.63. The molecule has 2 N–H and O–H groups in total. The van der Waals surface area contributed by atoms with Crippen molar-refractivity contribution in [3.63, 3.8) is 0 Å². The molecular weight excluding hydrogens is 492 g/mol. The van der Waals surface area contributed by atoms with E-state index in [2.05, 4.69) is 57.3 Å². The van der Waals surface area contributed by atoms with E-state index in [4.69, 9.17) is 4.74 Å². The lowest BCUT2D eigenvalue weighted by atomic mass is 9.91. The van der Waals surface area contributed by atoms with Gasteiger partial charge in [-0.15, -0.1) is 29.9 Å². The third kappa shape index (κ3) is 6.18. The van der Waals surface area contributed by atoms with Crippen LogP contribution in [0, 0.1) is 6.92 Å². The molecule has 0 radical (unpaired) electrons. The van der Waals surface area contributed by atoms with Gasteiger partial charge in [-0.3, -0.25) is 0 Å². The number of rotatable bonds is 6. The van der Waals surface area contributed by atoms with E-state index in [-0.39, 0.29) is 42.6 Å².